The minimum absolute atomic E-state index is 1.15. The molecule has 0 unspecified atom stereocenters. The van der Waals surface area contributed by atoms with Gasteiger partial charge in [-0.15, -0.1) is 22.7 Å². The lowest BCUT2D eigenvalue weighted by atomic mass is 9.89. The van der Waals surface area contributed by atoms with Crippen molar-refractivity contribution in [1.82, 2.24) is 0 Å². The molecule has 0 atom stereocenters. The smallest absolute Gasteiger partial charge is 0.0476 e. The zero-order valence-electron chi connectivity index (χ0n) is 30.2. The number of hydrogen-bond acceptors (Lipinski definition) is 4. The van der Waals surface area contributed by atoms with Crippen molar-refractivity contribution in [3.63, 3.8) is 0 Å². The molecule has 12 rings (SSSR count). The van der Waals surface area contributed by atoms with Crippen molar-refractivity contribution in [2.24, 2.45) is 0 Å². The van der Waals surface area contributed by atoms with Crippen LogP contribution in [-0.2, 0) is 0 Å². The monoisotopic (exact) mass is 748 g/mol. The SMILES string of the molecule is c1ccc(N(c2ccccc2)c2ccc3c(c2)sc2c4cccc5c6c7ccc(N(c8ccccc8)c8ccccc8)cc7sc6c6cccc(c32)c6c45)cc1. The first-order valence-corrected chi connectivity index (χ1v) is 20.6. The van der Waals surface area contributed by atoms with Crippen LogP contribution in [0.5, 0.6) is 0 Å². The van der Waals surface area contributed by atoms with Crippen LogP contribution in [0.2, 0.25) is 0 Å². The number of hydrogen-bond donors (Lipinski definition) is 0. The van der Waals surface area contributed by atoms with Crippen molar-refractivity contribution in [2.45, 2.75) is 0 Å². The van der Waals surface area contributed by atoms with Crippen molar-refractivity contribution in [2.75, 3.05) is 9.80 Å². The Kier molecular flexibility index (Phi) is 7.00. The quantitative estimate of drug-likeness (QED) is 0.156. The molecule has 0 aliphatic rings. The molecule has 0 spiro atoms. The van der Waals surface area contributed by atoms with Gasteiger partial charge in [0.05, 0.1) is 0 Å². The molecule has 0 bridgehead atoms. The molecule has 0 amide bonds. The van der Waals surface area contributed by atoms with Gasteiger partial charge in [0.15, 0.2) is 0 Å². The number of rotatable bonds is 6. The highest BCUT2D eigenvalue weighted by atomic mass is 32.1. The molecule has 0 saturated carbocycles. The second-order valence-corrected chi connectivity index (χ2v) is 16.5. The topological polar surface area (TPSA) is 6.48 Å². The third-order valence-corrected chi connectivity index (χ3v) is 13.7. The van der Waals surface area contributed by atoms with Gasteiger partial charge in [-0.05, 0) is 94.3 Å². The highest BCUT2D eigenvalue weighted by molar-refractivity contribution is 7.27. The van der Waals surface area contributed by atoms with Gasteiger partial charge < -0.3 is 9.80 Å². The predicted octanol–water partition coefficient (Wildman–Crippen LogP) is 16.3. The molecule has 0 fully saturated rings. The number of para-hydroxylation sites is 4. The lowest BCUT2D eigenvalue weighted by molar-refractivity contribution is 1.29. The summed E-state index contributed by atoms with van der Waals surface area (Å²) in [6, 6.07) is 70.8. The molecule has 4 heteroatoms. The summed E-state index contributed by atoms with van der Waals surface area (Å²) in [7, 11) is 0. The highest BCUT2D eigenvalue weighted by Crippen LogP contribution is 2.53. The van der Waals surface area contributed by atoms with Gasteiger partial charge in [-0.2, -0.15) is 0 Å². The Morgan fingerprint density at radius 1 is 0.250 bits per heavy atom. The summed E-state index contributed by atoms with van der Waals surface area (Å²) < 4.78 is 5.31. The van der Waals surface area contributed by atoms with Crippen molar-refractivity contribution in [3.8, 4) is 0 Å². The van der Waals surface area contributed by atoms with E-state index in [-0.39, 0.29) is 0 Å². The maximum absolute atomic E-state index is 2.39. The fourth-order valence-electron chi connectivity index (χ4n) is 9.00. The molecule has 12 aromatic rings. The Labute approximate surface area is 331 Å². The zero-order valence-corrected chi connectivity index (χ0v) is 31.8. The molecule has 0 N–H and O–H groups in total. The number of anilines is 6. The molecular weight excluding hydrogens is 717 g/mol. The molecule has 0 saturated heterocycles. The molecule has 0 radical (unpaired) electrons. The van der Waals surface area contributed by atoms with Crippen LogP contribution in [0.4, 0.5) is 34.1 Å². The maximum atomic E-state index is 2.39. The number of benzene rings is 10. The molecule has 2 heterocycles. The number of thiophene rings is 2. The van der Waals surface area contributed by atoms with Gasteiger partial charge in [0.1, 0.15) is 0 Å². The summed E-state index contributed by atoms with van der Waals surface area (Å²) in [6.45, 7) is 0. The van der Waals surface area contributed by atoms with Gasteiger partial charge in [-0.1, -0.05) is 121 Å². The van der Waals surface area contributed by atoms with Crippen LogP contribution in [0.3, 0.4) is 0 Å². The first-order valence-electron chi connectivity index (χ1n) is 19.0. The second-order valence-electron chi connectivity index (χ2n) is 14.4. The Hall–Kier alpha value is -6.72. The van der Waals surface area contributed by atoms with E-state index in [9.17, 15) is 0 Å². The molecule has 0 aliphatic heterocycles. The highest BCUT2D eigenvalue weighted by Gasteiger charge is 2.23. The van der Waals surface area contributed by atoms with Gasteiger partial charge in [0.25, 0.3) is 0 Å². The third kappa shape index (κ3) is 4.67. The lowest BCUT2D eigenvalue weighted by Gasteiger charge is -2.25. The van der Waals surface area contributed by atoms with Crippen molar-refractivity contribution in [1.29, 1.82) is 0 Å². The summed E-state index contributed by atoms with van der Waals surface area (Å²) in [5, 5.41) is 13.4. The van der Waals surface area contributed by atoms with Gasteiger partial charge in [0, 0.05) is 85.2 Å². The van der Waals surface area contributed by atoms with Crippen LogP contribution >= 0.6 is 22.7 Å². The summed E-state index contributed by atoms with van der Waals surface area (Å²) in [5.74, 6) is 0. The molecular formula is C52H32N2S2. The zero-order chi connectivity index (χ0) is 36.7. The molecule has 2 aromatic heterocycles. The van der Waals surface area contributed by atoms with E-state index in [0.29, 0.717) is 0 Å². The van der Waals surface area contributed by atoms with Gasteiger partial charge in [0.2, 0.25) is 0 Å². The summed E-state index contributed by atoms with van der Waals surface area (Å²) >= 11 is 3.85. The van der Waals surface area contributed by atoms with E-state index in [2.05, 4.69) is 204 Å². The van der Waals surface area contributed by atoms with Crippen LogP contribution in [0, 0.1) is 0 Å². The molecule has 2 nitrogen and oxygen atoms in total. The summed E-state index contributed by atoms with van der Waals surface area (Å²) in [4.78, 5) is 4.72. The van der Waals surface area contributed by atoms with Gasteiger partial charge >= 0.3 is 0 Å². The van der Waals surface area contributed by atoms with E-state index in [1.54, 1.807) is 0 Å². The Morgan fingerprint density at radius 2 is 0.589 bits per heavy atom. The molecule has 262 valence electrons. The fourth-order valence-corrected chi connectivity index (χ4v) is 11.6. The molecule has 0 aliphatic carbocycles. The first kappa shape index (κ1) is 31.6. The van der Waals surface area contributed by atoms with Crippen LogP contribution < -0.4 is 9.80 Å². The Morgan fingerprint density at radius 3 is 0.946 bits per heavy atom. The molecule has 10 aromatic carbocycles. The minimum atomic E-state index is 1.15. The largest absolute Gasteiger partial charge is 0.310 e. The summed E-state index contributed by atoms with van der Waals surface area (Å²) in [5.41, 5.74) is 6.91. The lowest BCUT2D eigenvalue weighted by Crippen LogP contribution is -2.09. The van der Waals surface area contributed by atoms with E-state index in [0.717, 1.165) is 34.1 Å². The minimum Gasteiger partial charge on any atom is -0.310 e. The van der Waals surface area contributed by atoms with Crippen LogP contribution in [0.25, 0.3) is 72.7 Å². The van der Waals surface area contributed by atoms with Crippen molar-refractivity contribution in [3.05, 3.63) is 194 Å². The maximum Gasteiger partial charge on any atom is 0.0476 e. The predicted molar refractivity (Wildman–Crippen MR) is 245 cm³/mol. The van der Waals surface area contributed by atoms with Crippen LogP contribution in [-0.4, -0.2) is 0 Å². The number of nitrogens with zero attached hydrogens (tertiary/aromatic N) is 2. The standard InChI is InChI=1S/C52H32N2S2/c1-5-15-33(16-6-1)53(34-17-7-2-8-18-34)37-27-29-39-45(31-37)55-51-43-25-14-24-42-48(43)47-41(49(39)51)23-13-26-44(47)52-50(42)40-30-28-38(32-46(40)56-52)54(35-19-9-3-10-20-35)36-21-11-4-12-22-36/h1-32H. The first-order chi connectivity index (χ1) is 27.8. The summed E-state index contributed by atoms with van der Waals surface area (Å²) in [6.07, 6.45) is 0. The van der Waals surface area contributed by atoms with Crippen LogP contribution in [0.15, 0.2) is 194 Å². The van der Waals surface area contributed by atoms with E-state index in [1.165, 1.54) is 72.7 Å². The van der Waals surface area contributed by atoms with Crippen LogP contribution in [0.1, 0.15) is 0 Å². The second kappa shape index (κ2) is 12.4. The van der Waals surface area contributed by atoms with E-state index < -0.39 is 0 Å². The van der Waals surface area contributed by atoms with Gasteiger partial charge in [-0.3, -0.25) is 0 Å². The average molecular weight is 749 g/mol. The van der Waals surface area contributed by atoms with E-state index in [4.69, 9.17) is 0 Å². The Bertz CT molecular complexity index is 3100. The third-order valence-electron chi connectivity index (χ3n) is 11.3. The average Bonchev–Trinajstić information content (AvgIpc) is 3.84. The Balaban J connectivity index is 1.10. The molecule has 56 heavy (non-hydrogen) atoms. The fraction of sp³-hybridized carbons (Fsp3) is 0. The normalized spacial score (nSPS) is 11.9. The van der Waals surface area contributed by atoms with Gasteiger partial charge in [-0.25, -0.2) is 0 Å². The van der Waals surface area contributed by atoms with E-state index in [1.807, 2.05) is 22.7 Å². The van der Waals surface area contributed by atoms with E-state index >= 15 is 0 Å². The van der Waals surface area contributed by atoms with Crippen molar-refractivity contribution >= 4 is 129 Å². The number of fused-ring (bicyclic) bond motifs is 10. The van der Waals surface area contributed by atoms with Crippen molar-refractivity contribution < 1.29 is 0 Å².